The molecule has 2 nitrogen and oxygen atoms in total. The molecule has 1 aromatic carbocycles. The Kier molecular flexibility index (Phi) is 7.93. The van der Waals surface area contributed by atoms with Gasteiger partial charge in [-0.2, -0.15) is 14.9 Å². The third-order valence-electron chi connectivity index (χ3n) is 5.03. The zero-order chi connectivity index (χ0) is 17.9. The molecular formula is C22H25FN2. The Labute approximate surface area is 150 Å². The Morgan fingerprint density at radius 2 is 1.80 bits per heavy atom. The maximum absolute atomic E-state index is 12.7. The molecule has 0 aliphatic heterocycles. The first kappa shape index (κ1) is 18.9. The van der Waals surface area contributed by atoms with Crippen LogP contribution in [0.3, 0.4) is 0 Å². The van der Waals surface area contributed by atoms with Crippen LogP contribution in [0.5, 0.6) is 0 Å². The summed E-state index contributed by atoms with van der Waals surface area (Å²) in [6.07, 6.45) is 14.6. The van der Waals surface area contributed by atoms with Crippen molar-refractivity contribution in [3.63, 3.8) is 0 Å². The first-order chi connectivity index (χ1) is 12.2. The minimum Gasteiger partial charge on any atom is -0.195 e. The number of allylic oxidation sites excluding steroid dienone is 4. The number of halogens is 1. The summed E-state index contributed by atoms with van der Waals surface area (Å²) < 4.78 is 12.7. The van der Waals surface area contributed by atoms with Gasteiger partial charge in [-0.05, 0) is 74.1 Å². The molecular weight excluding hydrogens is 311 g/mol. The summed E-state index contributed by atoms with van der Waals surface area (Å²) in [7, 11) is 0. The van der Waals surface area contributed by atoms with Crippen LogP contribution in [0.2, 0.25) is 0 Å². The molecule has 1 aromatic rings. The van der Waals surface area contributed by atoms with Gasteiger partial charge in [0.25, 0.3) is 0 Å². The van der Waals surface area contributed by atoms with Crippen LogP contribution in [-0.2, 0) is 6.42 Å². The Morgan fingerprint density at radius 1 is 1.08 bits per heavy atom. The van der Waals surface area contributed by atoms with Gasteiger partial charge in [-0.3, -0.25) is 0 Å². The molecule has 1 aliphatic carbocycles. The summed E-state index contributed by atoms with van der Waals surface area (Å²) in [5.41, 5.74) is 2.03. The fourth-order valence-corrected chi connectivity index (χ4v) is 3.51. The van der Waals surface area contributed by atoms with E-state index in [2.05, 4.69) is 18.2 Å². The SMILES string of the molecule is N#C/C(F)=C/C=C/C1CCC(CCCCc2ccc(C#N)cc2)CC1. The average molecular weight is 336 g/mol. The molecule has 0 bridgehead atoms. The number of hydrogen-bond acceptors (Lipinski definition) is 2. The van der Waals surface area contributed by atoms with E-state index in [1.165, 1.54) is 62.7 Å². The first-order valence-electron chi connectivity index (χ1n) is 9.14. The van der Waals surface area contributed by atoms with Crippen molar-refractivity contribution in [1.82, 2.24) is 0 Å². The molecule has 0 atom stereocenters. The molecule has 0 N–H and O–H groups in total. The van der Waals surface area contributed by atoms with Gasteiger partial charge in [0.2, 0.25) is 0 Å². The average Bonchev–Trinajstić information content (AvgIpc) is 2.66. The highest BCUT2D eigenvalue weighted by Crippen LogP contribution is 2.32. The van der Waals surface area contributed by atoms with Crippen LogP contribution in [0.25, 0.3) is 0 Å². The third kappa shape index (κ3) is 6.94. The van der Waals surface area contributed by atoms with Gasteiger partial charge in [0, 0.05) is 0 Å². The van der Waals surface area contributed by atoms with Crippen molar-refractivity contribution < 1.29 is 4.39 Å². The van der Waals surface area contributed by atoms with Gasteiger partial charge < -0.3 is 0 Å². The second-order valence-corrected chi connectivity index (χ2v) is 6.85. The van der Waals surface area contributed by atoms with Crippen LogP contribution in [0.15, 0.2) is 48.3 Å². The van der Waals surface area contributed by atoms with Crippen LogP contribution in [0.4, 0.5) is 4.39 Å². The lowest BCUT2D eigenvalue weighted by molar-refractivity contribution is 0.289. The lowest BCUT2D eigenvalue weighted by Gasteiger charge is -2.26. The quantitative estimate of drug-likeness (QED) is 0.348. The van der Waals surface area contributed by atoms with E-state index >= 15 is 0 Å². The lowest BCUT2D eigenvalue weighted by atomic mass is 9.79. The van der Waals surface area contributed by atoms with Crippen LogP contribution >= 0.6 is 0 Å². The fourth-order valence-electron chi connectivity index (χ4n) is 3.51. The third-order valence-corrected chi connectivity index (χ3v) is 5.03. The number of aryl methyl sites for hydroxylation is 1. The Hall–Kier alpha value is -2.39. The normalized spacial score (nSPS) is 21.0. The predicted molar refractivity (Wildman–Crippen MR) is 98.1 cm³/mol. The smallest absolute Gasteiger partial charge is 0.195 e. The van der Waals surface area contributed by atoms with Crippen LogP contribution in [-0.4, -0.2) is 0 Å². The molecule has 0 aromatic heterocycles. The van der Waals surface area contributed by atoms with Gasteiger partial charge in [0.15, 0.2) is 5.83 Å². The molecule has 2 rings (SSSR count). The number of nitriles is 2. The summed E-state index contributed by atoms with van der Waals surface area (Å²) in [6.45, 7) is 0. The number of benzene rings is 1. The lowest BCUT2D eigenvalue weighted by Crippen LogP contribution is -2.13. The monoisotopic (exact) mass is 336 g/mol. The van der Waals surface area contributed by atoms with E-state index in [1.54, 1.807) is 6.08 Å². The Balaban J connectivity index is 1.61. The van der Waals surface area contributed by atoms with Crippen LogP contribution in [0, 0.1) is 34.5 Å². The van der Waals surface area contributed by atoms with Gasteiger partial charge in [-0.25, -0.2) is 0 Å². The molecule has 130 valence electrons. The van der Waals surface area contributed by atoms with Gasteiger partial charge in [0.05, 0.1) is 11.6 Å². The second-order valence-electron chi connectivity index (χ2n) is 6.85. The van der Waals surface area contributed by atoms with E-state index in [4.69, 9.17) is 10.5 Å². The summed E-state index contributed by atoms with van der Waals surface area (Å²) in [5.74, 6) is 0.613. The second kappa shape index (κ2) is 10.5. The molecule has 0 amide bonds. The standard InChI is InChI=1S/C22H25FN2/c23-22(17-25)7-3-6-20-10-8-18(9-11-20)4-1-2-5-19-12-14-21(16-24)15-13-19/h3,6-7,12-15,18,20H,1-2,4-5,8-11H2/b6-3+,22-7-. The van der Waals surface area contributed by atoms with Crippen molar-refractivity contribution in [1.29, 1.82) is 10.5 Å². The first-order valence-corrected chi connectivity index (χ1v) is 9.14. The van der Waals surface area contributed by atoms with Crippen molar-refractivity contribution in [3.05, 3.63) is 59.4 Å². The van der Waals surface area contributed by atoms with E-state index in [9.17, 15) is 4.39 Å². The molecule has 25 heavy (non-hydrogen) atoms. The highest BCUT2D eigenvalue weighted by molar-refractivity contribution is 5.31. The minimum absolute atomic E-state index is 0.526. The number of hydrogen-bond donors (Lipinski definition) is 0. The zero-order valence-corrected chi connectivity index (χ0v) is 14.6. The van der Waals surface area contributed by atoms with Crippen molar-refractivity contribution in [2.45, 2.75) is 51.4 Å². The number of rotatable bonds is 7. The van der Waals surface area contributed by atoms with Crippen molar-refractivity contribution in [2.75, 3.05) is 0 Å². The Bertz CT molecular complexity index is 665. The molecule has 1 fully saturated rings. The van der Waals surface area contributed by atoms with Gasteiger partial charge >= 0.3 is 0 Å². The summed E-state index contributed by atoms with van der Waals surface area (Å²) in [5, 5.41) is 17.2. The molecule has 0 saturated heterocycles. The maximum Gasteiger partial charge on any atom is 0.199 e. The van der Waals surface area contributed by atoms with Crippen molar-refractivity contribution >= 4 is 0 Å². The fraction of sp³-hybridized carbons (Fsp3) is 0.455. The maximum atomic E-state index is 12.7. The van der Waals surface area contributed by atoms with Gasteiger partial charge in [-0.15, -0.1) is 0 Å². The summed E-state index contributed by atoms with van der Waals surface area (Å²) in [6, 6.07) is 11.5. The summed E-state index contributed by atoms with van der Waals surface area (Å²) in [4.78, 5) is 0. The number of nitrogens with zero attached hydrogens (tertiary/aromatic N) is 2. The number of unbranched alkanes of at least 4 members (excludes halogenated alkanes) is 1. The minimum atomic E-state index is -0.729. The van der Waals surface area contributed by atoms with E-state index in [-0.39, 0.29) is 0 Å². The van der Waals surface area contributed by atoms with Crippen molar-refractivity contribution in [3.8, 4) is 12.1 Å². The highest BCUT2D eigenvalue weighted by atomic mass is 19.1. The summed E-state index contributed by atoms with van der Waals surface area (Å²) >= 11 is 0. The molecule has 3 heteroatoms. The highest BCUT2D eigenvalue weighted by Gasteiger charge is 2.18. The predicted octanol–water partition coefficient (Wildman–Crippen LogP) is 6.01. The molecule has 1 aliphatic rings. The van der Waals surface area contributed by atoms with Gasteiger partial charge in [0.1, 0.15) is 6.07 Å². The van der Waals surface area contributed by atoms with Crippen molar-refractivity contribution in [2.24, 2.45) is 11.8 Å². The van der Waals surface area contributed by atoms with E-state index in [0.29, 0.717) is 5.92 Å². The largest absolute Gasteiger partial charge is 0.199 e. The van der Waals surface area contributed by atoms with E-state index < -0.39 is 5.83 Å². The van der Waals surface area contributed by atoms with Crippen LogP contribution in [0.1, 0.15) is 56.1 Å². The molecule has 0 spiro atoms. The van der Waals surface area contributed by atoms with Gasteiger partial charge in [-0.1, -0.05) is 37.1 Å². The van der Waals surface area contributed by atoms with E-state index in [0.717, 1.165) is 17.9 Å². The Morgan fingerprint density at radius 3 is 2.44 bits per heavy atom. The zero-order valence-electron chi connectivity index (χ0n) is 14.6. The molecule has 0 heterocycles. The molecule has 0 radical (unpaired) electrons. The molecule has 0 unspecified atom stereocenters. The topological polar surface area (TPSA) is 47.6 Å². The van der Waals surface area contributed by atoms with Crippen LogP contribution < -0.4 is 0 Å². The molecule has 1 saturated carbocycles. The van der Waals surface area contributed by atoms with E-state index in [1.807, 2.05) is 18.2 Å².